The van der Waals surface area contributed by atoms with Gasteiger partial charge < -0.3 is 14.1 Å². The van der Waals surface area contributed by atoms with Crippen LogP contribution in [-0.4, -0.2) is 36.7 Å². The van der Waals surface area contributed by atoms with E-state index in [1.54, 1.807) is 7.11 Å². The van der Waals surface area contributed by atoms with Crippen molar-refractivity contribution in [3.63, 3.8) is 0 Å². The minimum Gasteiger partial charge on any atom is -0.405 e. The highest BCUT2D eigenvalue weighted by atomic mass is 32.2. The van der Waals surface area contributed by atoms with Crippen LogP contribution in [0.5, 0.6) is 0 Å². The molecule has 6 heteroatoms. The van der Waals surface area contributed by atoms with Gasteiger partial charge in [-0.2, -0.15) is 0 Å². The summed E-state index contributed by atoms with van der Waals surface area (Å²) in [4.78, 5) is 3.27. The second-order valence-corrected chi connectivity index (χ2v) is 5.52. The van der Waals surface area contributed by atoms with Crippen LogP contribution in [0.4, 0.5) is 6.01 Å². The quantitative estimate of drug-likeness (QED) is 0.551. The third-order valence-electron chi connectivity index (χ3n) is 2.70. The molecule has 0 bridgehead atoms. The van der Waals surface area contributed by atoms with Crippen molar-refractivity contribution < 1.29 is 9.15 Å². The first-order chi connectivity index (χ1) is 9.79. The van der Waals surface area contributed by atoms with E-state index in [-0.39, 0.29) is 0 Å². The number of nitrogens with zero attached hydrogens (tertiary/aromatic N) is 3. The number of ether oxygens (including phenoxy) is 1. The van der Waals surface area contributed by atoms with E-state index in [4.69, 9.17) is 9.15 Å². The number of anilines is 1. The summed E-state index contributed by atoms with van der Waals surface area (Å²) in [6, 6.07) is 11.0. The minimum atomic E-state index is 0.352. The van der Waals surface area contributed by atoms with Crippen molar-refractivity contribution in [2.24, 2.45) is 0 Å². The smallest absolute Gasteiger partial charge is 0.317 e. The fourth-order valence-corrected chi connectivity index (χ4v) is 2.54. The molecule has 1 heterocycles. The van der Waals surface area contributed by atoms with Crippen molar-refractivity contribution in [2.45, 2.75) is 17.9 Å². The summed E-state index contributed by atoms with van der Waals surface area (Å²) < 4.78 is 10.4. The molecule has 20 heavy (non-hydrogen) atoms. The molecular formula is C14H19N3O2S. The number of hydrogen-bond donors (Lipinski definition) is 0. The second kappa shape index (κ2) is 7.91. The van der Waals surface area contributed by atoms with Crippen LogP contribution < -0.4 is 4.90 Å². The van der Waals surface area contributed by atoms with E-state index < -0.39 is 0 Å². The molecule has 0 spiro atoms. The van der Waals surface area contributed by atoms with Gasteiger partial charge in [0.2, 0.25) is 5.89 Å². The fraction of sp³-hybridized carbons (Fsp3) is 0.429. The van der Waals surface area contributed by atoms with E-state index in [1.165, 1.54) is 4.90 Å². The molecule has 5 nitrogen and oxygen atoms in total. The van der Waals surface area contributed by atoms with Crippen molar-refractivity contribution >= 4 is 17.8 Å². The van der Waals surface area contributed by atoms with Gasteiger partial charge in [-0.15, -0.1) is 16.9 Å². The van der Waals surface area contributed by atoms with Gasteiger partial charge in [0.25, 0.3) is 0 Å². The van der Waals surface area contributed by atoms with Gasteiger partial charge in [0, 0.05) is 25.6 Å². The zero-order valence-electron chi connectivity index (χ0n) is 11.8. The molecule has 0 saturated carbocycles. The Morgan fingerprint density at radius 3 is 2.80 bits per heavy atom. The average molecular weight is 293 g/mol. The summed E-state index contributed by atoms with van der Waals surface area (Å²) in [5, 5.41) is 7.91. The molecular weight excluding hydrogens is 274 g/mol. The monoisotopic (exact) mass is 293 g/mol. The number of methoxy groups -OCH3 is 1. The molecule has 0 saturated heterocycles. The Balaban J connectivity index is 1.70. The Hall–Kier alpha value is -1.53. The molecule has 0 unspecified atom stereocenters. The molecule has 0 amide bonds. The van der Waals surface area contributed by atoms with Gasteiger partial charge in [-0.05, 0) is 24.3 Å². The molecule has 1 aromatic carbocycles. The lowest BCUT2D eigenvalue weighted by atomic mass is 10.4. The van der Waals surface area contributed by atoms with Crippen molar-refractivity contribution in [3.05, 3.63) is 36.2 Å². The van der Waals surface area contributed by atoms with Crippen LogP contribution in [0.3, 0.4) is 0 Å². The minimum absolute atomic E-state index is 0.352. The number of aromatic nitrogens is 2. The number of benzene rings is 1. The van der Waals surface area contributed by atoms with Gasteiger partial charge in [-0.25, -0.2) is 0 Å². The largest absolute Gasteiger partial charge is 0.405 e. The van der Waals surface area contributed by atoms with Gasteiger partial charge in [0.05, 0.1) is 0 Å². The normalized spacial score (nSPS) is 10.7. The van der Waals surface area contributed by atoms with Crippen molar-refractivity contribution in [1.29, 1.82) is 0 Å². The van der Waals surface area contributed by atoms with Crippen molar-refractivity contribution in [2.75, 3.05) is 31.4 Å². The summed E-state index contributed by atoms with van der Waals surface area (Å²) >= 11 is 1.86. The van der Waals surface area contributed by atoms with E-state index >= 15 is 0 Å². The lowest BCUT2D eigenvalue weighted by Crippen LogP contribution is -2.19. The van der Waals surface area contributed by atoms with E-state index in [0.717, 1.165) is 18.7 Å². The summed E-state index contributed by atoms with van der Waals surface area (Å²) in [5.74, 6) is 1.57. The Kier molecular flexibility index (Phi) is 5.88. The van der Waals surface area contributed by atoms with E-state index in [1.807, 2.05) is 29.8 Å². The second-order valence-electron chi connectivity index (χ2n) is 4.35. The molecule has 108 valence electrons. The SMILES string of the molecule is COCc1nnc(N(C)CCCSc2ccccc2)o1. The summed E-state index contributed by atoms with van der Waals surface area (Å²) in [5.41, 5.74) is 0. The van der Waals surface area contributed by atoms with E-state index in [0.29, 0.717) is 18.5 Å². The van der Waals surface area contributed by atoms with Gasteiger partial charge in [0.1, 0.15) is 6.61 Å². The maximum Gasteiger partial charge on any atom is 0.317 e. The first kappa shape index (κ1) is 14.9. The molecule has 1 aromatic heterocycles. The molecule has 0 aliphatic carbocycles. The number of thioether (sulfide) groups is 1. The maximum atomic E-state index is 5.47. The lowest BCUT2D eigenvalue weighted by Gasteiger charge is -2.13. The molecule has 2 aromatic rings. The molecule has 0 radical (unpaired) electrons. The average Bonchev–Trinajstić information content (AvgIpc) is 2.94. The lowest BCUT2D eigenvalue weighted by molar-refractivity contribution is 0.160. The highest BCUT2D eigenvalue weighted by Crippen LogP contribution is 2.18. The summed E-state index contributed by atoms with van der Waals surface area (Å²) in [6.45, 7) is 1.24. The van der Waals surface area contributed by atoms with E-state index in [2.05, 4.69) is 34.5 Å². The Bertz CT molecular complexity index is 504. The predicted molar refractivity (Wildman–Crippen MR) is 80.1 cm³/mol. The standard InChI is InChI=1S/C14H19N3O2S/c1-17(14-16-15-13(19-14)11-18-2)9-6-10-20-12-7-4-3-5-8-12/h3-5,7-8H,6,9-11H2,1-2H3. The Labute approximate surface area is 123 Å². The van der Waals surface area contributed by atoms with Crippen LogP contribution in [0.25, 0.3) is 0 Å². The third kappa shape index (κ3) is 4.54. The molecule has 2 rings (SSSR count). The molecule has 0 atom stereocenters. The van der Waals surface area contributed by atoms with Gasteiger partial charge in [-0.3, -0.25) is 0 Å². The first-order valence-corrected chi connectivity index (χ1v) is 7.48. The van der Waals surface area contributed by atoms with Gasteiger partial charge in [-0.1, -0.05) is 23.3 Å². The molecule has 0 aliphatic heterocycles. The molecule has 0 N–H and O–H groups in total. The first-order valence-electron chi connectivity index (χ1n) is 6.50. The Morgan fingerprint density at radius 1 is 1.25 bits per heavy atom. The summed E-state index contributed by atoms with van der Waals surface area (Å²) in [7, 11) is 3.56. The number of rotatable bonds is 8. The molecule has 0 fully saturated rings. The third-order valence-corrected chi connectivity index (χ3v) is 3.80. The van der Waals surface area contributed by atoms with Crippen LogP contribution >= 0.6 is 11.8 Å². The maximum absolute atomic E-state index is 5.47. The van der Waals surface area contributed by atoms with Gasteiger partial charge in [0.15, 0.2) is 0 Å². The summed E-state index contributed by atoms with van der Waals surface area (Å²) in [6.07, 6.45) is 1.05. The highest BCUT2D eigenvalue weighted by Gasteiger charge is 2.10. The van der Waals surface area contributed by atoms with Gasteiger partial charge >= 0.3 is 6.01 Å². The topological polar surface area (TPSA) is 51.4 Å². The van der Waals surface area contributed by atoms with Crippen LogP contribution in [-0.2, 0) is 11.3 Å². The zero-order valence-corrected chi connectivity index (χ0v) is 12.6. The van der Waals surface area contributed by atoms with Crippen LogP contribution in [0.2, 0.25) is 0 Å². The van der Waals surface area contributed by atoms with Crippen molar-refractivity contribution in [1.82, 2.24) is 10.2 Å². The number of hydrogen-bond acceptors (Lipinski definition) is 6. The zero-order chi connectivity index (χ0) is 14.2. The van der Waals surface area contributed by atoms with E-state index in [9.17, 15) is 0 Å². The highest BCUT2D eigenvalue weighted by molar-refractivity contribution is 7.99. The predicted octanol–water partition coefficient (Wildman–Crippen LogP) is 2.83. The van der Waals surface area contributed by atoms with Crippen LogP contribution in [0, 0.1) is 0 Å². The van der Waals surface area contributed by atoms with Crippen LogP contribution in [0.1, 0.15) is 12.3 Å². The van der Waals surface area contributed by atoms with Crippen molar-refractivity contribution in [3.8, 4) is 0 Å². The fourth-order valence-electron chi connectivity index (χ4n) is 1.68. The molecule has 0 aliphatic rings. The van der Waals surface area contributed by atoms with Crippen LogP contribution in [0.15, 0.2) is 39.6 Å². The Morgan fingerprint density at radius 2 is 2.05 bits per heavy atom.